The Balaban J connectivity index is 4.28. The van der Waals surface area contributed by atoms with Crippen molar-refractivity contribution in [1.29, 1.82) is 0 Å². The number of hydrogen-bond donors (Lipinski definition) is 0. The van der Waals surface area contributed by atoms with Gasteiger partial charge in [-0.1, -0.05) is 285 Å². The molecule has 0 radical (unpaired) electrons. The molecule has 0 aromatic heterocycles. The van der Waals surface area contributed by atoms with Crippen LogP contribution in [0.25, 0.3) is 0 Å². The van der Waals surface area contributed by atoms with Crippen molar-refractivity contribution in [3.8, 4) is 0 Å². The van der Waals surface area contributed by atoms with Crippen LogP contribution in [0.4, 0.5) is 0 Å². The molecule has 0 amide bonds. The molecule has 0 unspecified atom stereocenters. The first-order valence-corrected chi connectivity index (χ1v) is 28.4. The van der Waals surface area contributed by atoms with Gasteiger partial charge in [0.25, 0.3) is 0 Å². The molecule has 0 aromatic carbocycles. The molecule has 0 aliphatic heterocycles. The Kier molecular flexibility index (Phi) is 50.1. The molecule has 0 N–H and O–H groups in total. The molecule has 6 heteroatoms. The van der Waals surface area contributed by atoms with E-state index in [1.54, 1.807) is 0 Å². The third-order valence-corrected chi connectivity index (χ3v) is 13.0. The number of carbonyl (C=O) groups is 3. The molecular weight excluding hydrogens is 781 g/mol. The molecule has 0 aromatic rings. The van der Waals surface area contributed by atoms with Crippen LogP contribution in [-0.2, 0) is 28.6 Å². The van der Waals surface area contributed by atoms with E-state index in [-0.39, 0.29) is 31.1 Å². The average molecular weight is 892 g/mol. The minimum absolute atomic E-state index is 0.0623. The summed E-state index contributed by atoms with van der Waals surface area (Å²) in [6.45, 7) is 9.04. The average Bonchev–Trinajstić information content (AvgIpc) is 3.27. The van der Waals surface area contributed by atoms with Crippen molar-refractivity contribution in [3.63, 3.8) is 0 Å². The molecule has 0 rings (SSSR count). The van der Waals surface area contributed by atoms with Crippen molar-refractivity contribution in [1.82, 2.24) is 0 Å². The second-order valence-electron chi connectivity index (χ2n) is 20.1. The zero-order valence-electron chi connectivity index (χ0n) is 43.0. The van der Waals surface area contributed by atoms with Gasteiger partial charge in [0, 0.05) is 19.3 Å². The number of carbonyl (C=O) groups excluding carboxylic acids is 3. The van der Waals surface area contributed by atoms with Gasteiger partial charge in [-0.3, -0.25) is 14.4 Å². The van der Waals surface area contributed by atoms with E-state index in [1.165, 1.54) is 218 Å². The fraction of sp³-hybridized carbons (Fsp3) is 0.947. The molecule has 6 nitrogen and oxygen atoms in total. The maximum Gasteiger partial charge on any atom is 0.306 e. The van der Waals surface area contributed by atoms with Crippen molar-refractivity contribution in [3.05, 3.63) is 0 Å². The number of hydrogen-bond acceptors (Lipinski definition) is 6. The monoisotopic (exact) mass is 891 g/mol. The predicted octanol–water partition coefficient (Wildman–Crippen LogP) is 18.6. The summed E-state index contributed by atoms with van der Waals surface area (Å²) in [5, 5.41) is 0. The quantitative estimate of drug-likeness (QED) is 0.0344. The SMILES string of the molecule is CCCCCCCCCCCCCCCCCCCC(=O)OC[C@@H](COC(=O)CCCCCCCCCCCCCCCCC)OC(=O)CCCCCCCCCCCCC(C)C. The summed E-state index contributed by atoms with van der Waals surface area (Å²) in [6, 6.07) is 0. The largest absolute Gasteiger partial charge is 0.462 e. The van der Waals surface area contributed by atoms with Gasteiger partial charge in [0.05, 0.1) is 0 Å². The summed E-state index contributed by atoms with van der Waals surface area (Å²) in [5.74, 6) is -0.0215. The predicted molar refractivity (Wildman–Crippen MR) is 270 cm³/mol. The summed E-state index contributed by atoms with van der Waals surface area (Å²) in [4.78, 5) is 38.1. The molecule has 0 saturated heterocycles. The van der Waals surface area contributed by atoms with Crippen LogP contribution in [0.2, 0.25) is 0 Å². The molecule has 0 spiro atoms. The normalized spacial score (nSPS) is 12.0. The van der Waals surface area contributed by atoms with Crippen molar-refractivity contribution >= 4 is 17.9 Å². The van der Waals surface area contributed by atoms with Crippen molar-refractivity contribution in [2.75, 3.05) is 13.2 Å². The highest BCUT2D eigenvalue weighted by Crippen LogP contribution is 2.18. The first-order chi connectivity index (χ1) is 30.9. The Bertz CT molecular complexity index is 949. The minimum Gasteiger partial charge on any atom is -0.462 e. The number of unbranched alkanes of at least 4 members (excludes halogenated alkanes) is 39. The van der Waals surface area contributed by atoms with Crippen LogP contribution in [0.5, 0.6) is 0 Å². The molecular formula is C57H110O6. The number of rotatable bonds is 52. The lowest BCUT2D eigenvalue weighted by Crippen LogP contribution is -2.30. The van der Waals surface area contributed by atoms with E-state index in [4.69, 9.17) is 14.2 Å². The molecule has 374 valence electrons. The second kappa shape index (κ2) is 51.4. The highest BCUT2D eigenvalue weighted by molar-refractivity contribution is 5.71. The first kappa shape index (κ1) is 61.4. The summed E-state index contributed by atoms with van der Waals surface area (Å²) in [7, 11) is 0. The zero-order valence-corrected chi connectivity index (χ0v) is 43.0. The zero-order chi connectivity index (χ0) is 45.9. The van der Waals surface area contributed by atoms with E-state index in [0.29, 0.717) is 19.3 Å². The van der Waals surface area contributed by atoms with Gasteiger partial charge >= 0.3 is 17.9 Å². The topological polar surface area (TPSA) is 78.9 Å². The van der Waals surface area contributed by atoms with Crippen LogP contribution in [0, 0.1) is 5.92 Å². The molecule has 0 aliphatic rings. The Labute approximate surface area is 393 Å². The number of ether oxygens (including phenoxy) is 3. The Morgan fingerprint density at radius 2 is 0.524 bits per heavy atom. The molecule has 0 saturated carbocycles. The van der Waals surface area contributed by atoms with E-state index >= 15 is 0 Å². The fourth-order valence-electron chi connectivity index (χ4n) is 8.75. The highest BCUT2D eigenvalue weighted by atomic mass is 16.6. The van der Waals surface area contributed by atoms with E-state index in [0.717, 1.165) is 63.7 Å². The standard InChI is InChI=1S/C57H110O6/c1-5-7-9-11-13-15-17-19-21-22-24-26-28-33-37-41-45-49-56(59)62-52-54(63-57(60)50-46-42-38-34-30-29-31-35-39-43-47-53(3)4)51-61-55(58)48-44-40-36-32-27-25-23-20-18-16-14-12-10-8-6-2/h53-54H,5-52H2,1-4H3/t54-/m1/s1. The molecule has 63 heavy (non-hydrogen) atoms. The Hall–Kier alpha value is -1.59. The summed E-state index contributed by atoms with van der Waals surface area (Å²) >= 11 is 0. The van der Waals surface area contributed by atoms with E-state index in [1.807, 2.05) is 0 Å². The van der Waals surface area contributed by atoms with Gasteiger partial charge in [-0.25, -0.2) is 0 Å². The molecule has 0 fully saturated rings. The van der Waals surface area contributed by atoms with Crippen molar-refractivity contribution in [2.45, 2.75) is 329 Å². The van der Waals surface area contributed by atoms with E-state index in [2.05, 4.69) is 27.7 Å². The Morgan fingerprint density at radius 1 is 0.302 bits per heavy atom. The first-order valence-electron chi connectivity index (χ1n) is 28.4. The van der Waals surface area contributed by atoms with Crippen molar-refractivity contribution in [2.24, 2.45) is 5.92 Å². The van der Waals surface area contributed by atoms with Crippen LogP contribution in [0.15, 0.2) is 0 Å². The third-order valence-electron chi connectivity index (χ3n) is 13.0. The maximum absolute atomic E-state index is 12.8. The molecule has 1 atom stereocenters. The molecule has 0 bridgehead atoms. The highest BCUT2D eigenvalue weighted by Gasteiger charge is 2.19. The molecule has 0 heterocycles. The van der Waals surface area contributed by atoms with Gasteiger partial charge < -0.3 is 14.2 Å². The smallest absolute Gasteiger partial charge is 0.306 e. The van der Waals surface area contributed by atoms with E-state index < -0.39 is 6.10 Å². The van der Waals surface area contributed by atoms with Crippen LogP contribution in [0.1, 0.15) is 323 Å². The molecule has 0 aliphatic carbocycles. The minimum atomic E-state index is -0.762. The van der Waals surface area contributed by atoms with Gasteiger partial charge in [-0.2, -0.15) is 0 Å². The number of esters is 3. The third kappa shape index (κ3) is 51.3. The van der Waals surface area contributed by atoms with Crippen LogP contribution in [-0.4, -0.2) is 37.2 Å². The van der Waals surface area contributed by atoms with Crippen LogP contribution in [0.3, 0.4) is 0 Å². The fourth-order valence-corrected chi connectivity index (χ4v) is 8.75. The van der Waals surface area contributed by atoms with Gasteiger partial charge in [0.2, 0.25) is 0 Å². The Morgan fingerprint density at radius 3 is 0.778 bits per heavy atom. The lowest BCUT2D eigenvalue weighted by molar-refractivity contribution is -0.167. The van der Waals surface area contributed by atoms with Crippen LogP contribution < -0.4 is 0 Å². The summed E-state index contributed by atoms with van der Waals surface area (Å²) < 4.78 is 16.9. The summed E-state index contributed by atoms with van der Waals surface area (Å²) in [6.07, 6.45) is 55.2. The maximum atomic E-state index is 12.8. The second-order valence-corrected chi connectivity index (χ2v) is 20.1. The van der Waals surface area contributed by atoms with Gasteiger partial charge in [-0.15, -0.1) is 0 Å². The van der Waals surface area contributed by atoms with E-state index in [9.17, 15) is 14.4 Å². The summed E-state index contributed by atoms with van der Waals surface area (Å²) in [5.41, 5.74) is 0. The van der Waals surface area contributed by atoms with Crippen molar-refractivity contribution < 1.29 is 28.6 Å². The lowest BCUT2D eigenvalue weighted by atomic mass is 10.0. The lowest BCUT2D eigenvalue weighted by Gasteiger charge is -2.18. The van der Waals surface area contributed by atoms with Crippen LogP contribution >= 0.6 is 0 Å². The van der Waals surface area contributed by atoms with Gasteiger partial charge in [0.15, 0.2) is 6.10 Å². The van der Waals surface area contributed by atoms with Gasteiger partial charge in [0.1, 0.15) is 13.2 Å². The van der Waals surface area contributed by atoms with Gasteiger partial charge in [-0.05, 0) is 25.2 Å².